The van der Waals surface area contributed by atoms with Crippen LogP contribution in [0.1, 0.15) is 6.92 Å². The van der Waals surface area contributed by atoms with Crippen LogP contribution in [0.25, 0.3) is 0 Å². The lowest BCUT2D eigenvalue weighted by molar-refractivity contribution is -0.122. The number of carbonyl (C=O) groups excluding carboxylic acids is 1. The molecular weight excluding hydrogens is 235 g/mol. The highest BCUT2D eigenvalue weighted by atomic mass is 19.1. The molecule has 1 saturated heterocycles. The van der Waals surface area contributed by atoms with E-state index in [0.717, 1.165) is 13.1 Å². The average molecular weight is 252 g/mol. The monoisotopic (exact) mass is 252 g/mol. The van der Waals surface area contributed by atoms with E-state index >= 15 is 0 Å². The van der Waals surface area contributed by atoms with Crippen molar-refractivity contribution in [3.8, 4) is 0 Å². The van der Waals surface area contributed by atoms with Crippen molar-refractivity contribution in [3.63, 3.8) is 0 Å². The Morgan fingerprint density at radius 1 is 1.39 bits per heavy atom. The van der Waals surface area contributed by atoms with Crippen molar-refractivity contribution in [2.24, 2.45) is 0 Å². The van der Waals surface area contributed by atoms with Crippen molar-refractivity contribution in [2.75, 3.05) is 31.6 Å². The number of nitrogens with one attached hydrogen (secondary N) is 1. The van der Waals surface area contributed by atoms with Crippen LogP contribution in [0, 0.1) is 5.82 Å². The molecule has 5 heteroatoms. The van der Waals surface area contributed by atoms with Crippen molar-refractivity contribution in [2.45, 2.75) is 13.0 Å². The van der Waals surface area contributed by atoms with E-state index in [9.17, 15) is 9.18 Å². The predicted molar refractivity (Wildman–Crippen MR) is 66.9 cm³/mol. The van der Waals surface area contributed by atoms with Gasteiger partial charge in [-0.3, -0.25) is 9.69 Å². The Morgan fingerprint density at radius 2 is 2.06 bits per heavy atom. The number of halogens is 1. The fourth-order valence-electron chi connectivity index (χ4n) is 1.93. The van der Waals surface area contributed by atoms with Gasteiger partial charge in [-0.2, -0.15) is 0 Å². The van der Waals surface area contributed by atoms with Crippen molar-refractivity contribution >= 4 is 11.6 Å². The molecule has 1 fully saturated rings. The third-order valence-corrected chi connectivity index (χ3v) is 3.10. The summed E-state index contributed by atoms with van der Waals surface area (Å²) in [6.45, 7) is 4.55. The second-order valence-electron chi connectivity index (χ2n) is 4.29. The lowest BCUT2D eigenvalue weighted by Gasteiger charge is -2.31. The summed E-state index contributed by atoms with van der Waals surface area (Å²) in [6, 6.07) is 5.89. The maximum atomic E-state index is 13.4. The third-order valence-electron chi connectivity index (χ3n) is 3.10. The summed E-state index contributed by atoms with van der Waals surface area (Å²) >= 11 is 0. The van der Waals surface area contributed by atoms with Crippen molar-refractivity contribution in [1.82, 2.24) is 4.90 Å². The standard InChI is InChI=1S/C13H17FN2O2/c1-10(16-6-8-18-9-7-16)13(17)15-12-5-3-2-4-11(12)14/h2-5,10H,6-9H2,1H3,(H,15,17)/t10-/m1/s1. The number of benzene rings is 1. The highest BCUT2D eigenvalue weighted by molar-refractivity contribution is 5.94. The molecule has 1 aromatic rings. The fourth-order valence-corrected chi connectivity index (χ4v) is 1.93. The van der Waals surface area contributed by atoms with Crippen molar-refractivity contribution < 1.29 is 13.9 Å². The molecule has 98 valence electrons. The normalized spacial score (nSPS) is 18.3. The molecule has 2 rings (SSSR count). The number of carbonyl (C=O) groups is 1. The predicted octanol–water partition coefficient (Wildman–Crippen LogP) is 1.48. The van der Waals surface area contributed by atoms with Gasteiger partial charge >= 0.3 is 0 Å². The van der Waals surface area contributed by atoms with Gasteiger partial charge < -0.3 is 10.1 Å². The minimum absolute atomic E-state index is 0.193. The molecule has 0 unspecified atom stereocenters. The summed E-state index contributed by atoms with van der Waals surface area (Å²) in [5, 5.41) is 2.61. The summed E-state index contributed by atoms with van der Waals surface area (Å²) in [6.07, 6.45) is 0. The van der Waals surface area contributed by atoms with Gasteiger partial charge in [0.1, 0.15) is 5.82 Å². The molecule has 1 aliphatic heterocycles. The third kappa shape index (κ3) is 3.05. The van der Waals surface area contributed by atoms with Gasteiger partial charge in [0.25, 0.3) is 0 Å². The summed E-state index contributed by atoms with van der Waals surface area (Å²) in [7, 11) is 0. The quantitative estimate of drug-likeness (QED) is 0.886. The van der Waals surface area contributed by atoms with Crippen LogP contribution in [-0.2, 0) is 9.53 Å². The first-order valence-electron chi connectivity index (χ1n) is 6.05. The number of anilines is 1. The Kier molecular flexibility index (Phi) is 4.28. The van der Waals surface area contributed by atoms with Crippen molar-refractivity contribution in [3.05, 3.63) is 30.1 Å². The van der Waals surface area contributed by atoms with Gasteiger partial charge in [-0.05, 0) is 19.1 Å². The maximum Gasteiger partial charge on any atom is 0.241 e. The number of hydrogen-bond acceptors (Lipinski definition) is 3. The number of morpholine rings is 1. The molecular formula is C13H17FN2O2. The van der Waals surface area contributed by atoms with E-state index in [2.05, 4.69) is 5.32 Å². The Balaban J connectivity index is 1.97. The van der Waals surface area contributed by atoms with Crippen LogP contribution >= 0.6 is 0 Å². The number of nitrogens with zero attached hydrogens (tertiary/aromatic N) is 1. The number of para-hydroxylation sites is 1. The van der Waals surface area contributed by atoms with Crippen LogP contribution in [0.15, 0.2) is 24.3 Å². The number of rotatable bonds is 3. The van der Waals surface area contributed by atoms with Gasteiger partial charge in [0.15, 0.2) is 0 Å². The molecule has 1 aliphatic rings. The first kappa shape index (κ1) is 13.0. The van der Waals surface area contributed by atoms with E-state index in [1.165, 1.54) is 6.07 Å². The molecule has 0 aromatic heterocycles. The highest BCUT2D eigenvalue weighted by Crippen LogP contribution is 2.14. The Labute approximate surface area is 106 Å². The molecule has 0 aliphatic carbocycles. The van der Waals surface area contributed by atoms with Crippen LogP contribution in [0.4, 0.5) is 10.1 Å². The van der Waals surface area contributed by atoms with E-state index < -0.39 is 5.82 Å². The number of hydrogen-bond donors (Lipinski definition) is 1. The Hall–Kier alpha value is -1.46. The molecule has 1 atom stereocenters. The minimum Gasteiger partial charge on any atom is -0.379 e. The van der Waals surface area contributed by atoms with E-state index in [1.807, 2.05) is 11.8 Å². The van der Waals surface area contributed by atoms with Crippen LogP contribution in [0.3, 0.4) is 0 Å². The van der Waals surface area contributed by atoms with Crippen molar-refractivity contribution in [1.29, 1.82) is 0 Å². The zero-order valence-electron chi connectivity index (χ0n) is 10.4. The smallest absolute Gasteiger partial charge is 0.241 e. The maximum absolute atomic E-state index is 13.4. The minimum atomic E-state index is -0.417. The van der Waals surface area contributed by atoms with Gasteiger partial charge in [0.05, 0.1) is 24.9 Å². The first-order chi connectivity index (χ1) is 8.68. The van der Waals surface area contributed by atoms with Crippen LogP contribution < -0.4 is 5.32 Å². The Bertz CT molecular complexity index is 419. The topological polar surface area (TPSA) is 41.6 Å². The summed E-state index contributed by atoms with van der Waals surface area (Å²) in [5.74, 6) is -0.609. The van der Waals surface area contributed by atoms with E-state index in [0.29, 0.717) is 13.2 Å². The van der Waals surface area contributed by atoms with Crippen LogP contribution in [-0.4, -0.2) is 43.2 Å². The molecule has 1 heterocycles. The van der Waals surface area contributed by atoms with Crippen LogP contribution in [0.2, 0.25) is 0 Å². The molecule has 1 aromatic carbocycles. The lowest BCUT2D eigenvalue weighted by atomic mass is 10.2. The van der Waals surface area contributed by atoms with Gasteiger partial charge in [0.2, 0.25) is 5.91 Å². The number of amides is 1. The SMILES string of the molecule is C[C@H](C(=O)Nc1ccccc1F)N1CCOCC1. The zero-order chi connectivity index (χ0) is 13.0. The molecule has 1 N–H and O–H groups in total. The highest BCUT2D eigenvalue weighted by Gasteiger charge is 2.23. The molecule has 0 saturated carbocycles. The summed E-state index contributed by atoms with van der Waals surface area (Å²) in [4.78, 5) is 14.0. The molecule has 1 amide bonds. The second-order valence-corrected chi connectivity index (χ2v) is 4.29. The van der Waals surface area contributed by atoms with E-state index in [4.69, 9.17) is 4.74 Å². The molecule has 18 heavy (non-hydrogen) atoms. The van der Waals surface area contributed by atoms with Crippen LogP contribution in [0.5, 0.6) is 0 Å². The largest absolute Gasteiger partial charge is 0.379 e. The van der Waals surface area contributed by atoms with E-state index in [-0.39, 0.29) is 17.6 Å². The van der Waals surface area contributed by atoms with E-state index in [1.54, 1.807) is 18.2 Å². The molecule has 0 spiro atoms. The first-order valence-corrected chi connectivity index (χ1v) is 6.05. The summed E-state index contributed by atoms with van der Waals surface area (Å²) in [5.41, 5.74) is 0.225. The lowest BCUT2D eigenvalue weighted by Crippen LogP contribution is -2.47. The molecule has 0 radical (unpaired) electrons. The van der Waals surface area contributed by atoms with Gasteiger partial charge in [-0.15, -0.1) is 0 Å². The average Bonchev–Trinajstić information content (AvgIpc) is 2.41. The Morgan fingerprint density at radius 3 is 2.72 bits per heavy atom. The zero-order valence-corrected chi connectivity index (χ0v) is 10.4. The summed E-state index contributed by atoms with van der Waals surface area (Å²) < 4.78 is 18.6. The second kappa shape index (κ2) is 5.93. The van der Waals surface area contributed by atoms with Gasteiger partial charge in [-0.1, -0.05) is 12.1 Å². The van der Waals surface area contributed by atoms with Gasteiger partial charge in [-0.25, -0.2) is 4.39 Å². The molecule has 0 bridgehead atoms. The van der Waals surface area contributed by atoms with Gasteiger partial charge in [0, 0.05) is 13.1 Å². The molecule has 4 nitrogen and oxygen atoms in total. The number of ether oxygens (including phenoxy) is 1. The fraction of sp³-hybridized carbons (Fsp3) is 0.462.